The van der Waals surface area contributed by atoms with E-state index in [0.717, 1.165) is 56.1 Å². The Bertz CT molecular complexity index is 1090. The number of carboxylic acid groups (broad SMARTS) is 1. The molecule has 1 saturated carbocycles. The number of allylic oxidation sites excluding steroid dienone is 7. The van der Waals surface area contributed by atoms with Gasteiger partial charge in [-0.15, -0.1) is 0 Å². The fourth-order valence-electron chi connectivity index (χ4n) is 4.37. The van der Waals surface area contributed by atoms with E-state index in [2.05, 4.69) is 30.3 Å². The first kappa shape index (κ1) is 29.8. The molecule has 0 heterocycles. The van der Waals surface area contributed by atoms with Crippen molar-refractivity contribution in [2.75, 3.05) is 0 Å². The predicted octanol–water partition coefficient (Wildman–Crippen LogP) is 7.58. The van der Waals surface area contributed by atoms with E-state index in [-0.39, 0.29) is 11.1 Å². The molecule has 1 aliphatic rings. The van der Waals surface area contributed by atoms with E-state index in [9.17, 15) is 15.0 Å². The standard InChI is InChI=1S/C33H41NO3/c1-4-7-8-10-19-28(26-29(5-2)31(32(36)37)34-6-3)20-13-14-22-30(35)33(24-16-25-33)23-15-21-27-17-11-9-12-18-27/h5-6,9,11-14,17-18,20,22,26,30,35H,2,4,7-8,10,16,19,23-25H2,1,3H3,(H,36,37)/b20-13+,22-14+,28-26+,31-29+,34-6?. The summed E-state index contributed by atoms with van der Waals surface area (Å²) in [7, 11) is 0. The minimum atomic E-state index is -1.08. The third-order valence-corrected chi connectivity index (χ3v) is 6.75. The molecule has 2 N–H and O–H groups in total. The van der Waals surface area contributed by atoms with Gasteiger partial charge in [0.05, 0.1) is 6.10 Å². The lowest BCUT2D eigenvalue weighted by atomic mass is 9.63. The minimum Gasteiger partial charge on any atom is -0.476 e. The second-order valence-electron chi connectivity index (χ2n) is 9.48. The third kappa shape index (κ3) is 9.86. The van der Waals surface area contributed by atoms with Crippen molar-refractivity contribution >= 4 is 12.2 Å². The molecular weight excluding hydrogens is 458 g/mol. The van der Waals surface area contributed by atoms with Gasteiger partial charge < -0.3 is 10.2 Å². The number of rotatable bonds is 14. The first-order valence-corrected chi connectivity index (χ1v) is 13.3. The van der Waals surface area contributed by atoms with Crippen molar-refractivity contribution in [1.29, 1.82) is 0 Å². The lowest BCUT2D eigenvalue weighted by Crippen LogP contribution is -2.40. The maximum Gasteiger partial charge on any atom is 0.355 e. The van der Waals surface area contributed by atoms with Crippen LogP contribution in [0.25, 0.3) is 0 Å². The number of aliphatic carboxylic acids is 1. The summed E-state index contributed by atoms with van der Waals surface area (Å²) < 4.78 is 0. The van der Waals surface area contributed by atoms with Crippen LogP contribution < -0.4 is 0 Å². The summed E-state index contributed by atoms with van der Waals surface area (Å²) in [6.45, 7) is 7.66. The van der Waals surface area contributed by atoms with Gasteiger partial charge in [0.1, 0.15) is 0 Å². The van der Waals surface area contributed by atoms with Crippen LogP contribution in [0.5, 0.6) is 0 Å². The zero-order chi connectivity index (χ0) is 26.9. The Labute approximate surface area is 222 Å². The Morgan fingerprint density at radius 3 is 2.54 bits per heavy atom. The Morgan fingerprint density at radius 2 is 1.95 bits per heavy atom. The van der Waals surface area contributed by atoms with E-state index in [1.54, 1.807) is 6.92 Å². The van der Waals surface area contributed by atoms with Gasteiger partial charge in [-0.1, -0.05) is 99.6 Å². The number of aliphatic hydroxyl groups excluding tert-OH is 1. The molecule has 1 aliphatic carbocycles. The average Bonchev–Trinajstić information content (AvgIpc) is 2.87. The molecule has 1 fully saturated rings. The molecular formula is C33H41NO3. The molecule has 4 nitrogen and oxygen atoms in total. The van der Waals surface area contributed by atoms with Gasteiger partial charge in [0.15, 0.2) is 5.70 Å². The molecule has 1 aromatic carbocycles. The number of hydrogen-bond acceptors (Lipinski definition) is 3. The number of unbranched alkanes of at least 4 members (excludes halogenated alkanes) is 3. The lowest BCUT2D eigenvalue weighted by molar-refractivity contribution is -0.132. The fourth-order valence-corrected chi connectivity index (χ4v) is 4.37. The van der Waals surface area contributed by atoms with E-state index in [1.807, 2.05) is 60.7 Å². The number of carbonyl (C=O) groups is 1. The monoisotopic (exact) mass is 499 g/mol. The highest BCUT2D eigenvalue weighted by Crippen LogP contribution is 2.47. The molecule has 1 atom stereocenters. The van der Waals surface area contributed by atoms with Crippen LogP contribution in [0.3, 0.4) is 0 Å². The Hall–Kier alpha value is -3.42. The van der Waals surface area contributed by atoms with E-state index >= 15 is 0 Å². The van der Waals surface area contributed by atoms with E-state index in [4.69, 9.17) is 0 Å². The average molecular weight is 500 g/mol. The summed E-state index contributed by atoms with van der Waals surface area (Å²) in [6.07, 6.45) is 20.9. The van der Waals surface area contributed by atoms with Crippen molar-refractivity contribution < 1.29 is 15.0 Å². The first-order chi connectivity index (χ1) is 18.0. The summed E-state index contributed by atoms with van der Waals surface area (Å²) in [5, 5.41) is 20.5. The lowest BCUT2D eigenvalue weighted by Gasteiger charge is -2.43. The number of aliphatic imine (C=N–C) groups is 1. The predicted molar refractivity (Wildman–Crippen MR) is 154 cm³/mol. The Balaban J connectivity index is 2.16. The van der Waals surface area contributed by atoms with Crippen molar-refractivity contribution in [3.05, 3.63) is 95.8 Å². The van der Waals surface area contributed by atoms with Crippen LogP contribution in [-0.4, -0.2) is 28.5 Å². The maximum atomic E-state index is 11.7. The topological polar surface area (TPSA) is 69.9 Å². The Morgan fingerprint density at radius 1 is 1.19 bits per heavy atom. The summed E-state index contributed by atoms with van der Waals surface area (Å²) >= 11 is 0. The van der Waals surface area contributed by atoms with Crippen LogP contribution >= 0.6 is 0 Å². The second-order valence-corrected chi connectivity index (χ2v) is 9.48. The van der Waals surface area contributed by atoms with Crippen molar-refractivity contribution in [2.45, 2.75) is 77.7 Å². The Kier molecular flexibility index (Phi) is 13.2. The van der Waals surface area contributed by atoms with Gasteiger partial charge in [-0.3, -0.25) is 4.99 Å². The molecule has 0 spiro atoms. The zero-order valence-electron chi connectivity index (χ0n) is 22.3. The number of hydrogen-bond donors (Lipinski definition) is 2. The van der Waals surface area contributed by atoms with Crippen LogP contribution in [0.15, 0.2) is 95.2 Å². The van der Waals surface area contributed by atoms with Crippen LogP contribution in [0.1, 0.15) is 77.2 Å². The normalized spacial score (nSPS) is 16.8. The van der Waals surface area contributed by atoms with Crippen LogP contribution in [0, 0.1) is 17.3 Å². The number of benzene rings is 1. The van der Waals surface area contributed by atoms with E-state index in [0.29, 0.717) is 12.0 Å². The highest BCUT2D eigenvalue weighted by molar-refractivity contribution is 5.90. The number of carboxylic acids is 1. The summed E-state index contributed by atoms with van der Waals surface area (Å²) in [6, 6.07) is 9.93. The quantitative estimate of drug-likeness (QED) is 0.0911. The molecule has 196 valence electrons. The smallest absolute Gasteiger partial charge is 0.355 e. The molecule has 2 rings (SSSR count). The van der Waals surface area contributed by atoms with Gasteiger partial charge in [-0.25, -0.2) is 4.79 Å². The summed E-state index contributed by atoms with van der Waals surface area (Å²) in [5.74, 6) is 5.41. The van der Waals surface area contributed by atoms with Crippen molar-refractivity contribution in [1.82, 2.24) is 0 Å². The molecule has 0 radical (unpaired) electrons. The van der Waals surface area contributed by atoms with Gasteiger partial charge in [0, 0.05) is 29.2 Å². The molecule has 0 aliphatic heterocycles. The van der Waals surface area contributed by atoms with Crippen molar-refractivity contribution in [3.63, 3.8) is 0 Å². The van der Waals surface area contributed by atoms with E-state index < -0.39 is 12.1 Å². The molecule has 0 aromatic heterocycles. The van der Waals surface area contributed by atoms with Crippen molar-refractivity contribution in [2.24, 2.45) is 10.4 Å². The van der Waals surface area contributed by atoms with Gasteiger partial charge in [-0.2, -0.15) is 0 Å². The molecule has 37 heavy (non-hydrogen) atoms. The first-order valence-electron chi connectivity index (χ1n) is 13.3. The molecule has 4 heteroatoms. The largest absolute Gasteiger partial charge is 0.476 e. The van der Waals surface area contributed by atoms with Gasteiger partial charge in [0.25, 0.3) is 0 Å². The fraction of sp³-hybridized carbons (Fsp3) is 0.394. The number of aliphatic hydroxyl groups is 1. The van der Waals surface area contributed by atoms with Gasteiger partial charge >= 0.3 is 5.97 Å². The molecule has 0 saturated heterocycles. The van der Waals surface area contributed by atoms with Crippen LogP contribution in [0.4, 0.5) is 0 Å². The van der Waals surface area contributed by atoms with Crippen LogP contribution in [0.2, 0.25) is 0 Å². The molecule has 0 amide bonds. The van der Waals surface area contributed by atoms with Gasteiger partial charge in [-0.05, 0) is 56.4 Å². The highest BCUT2D eigenvalue weighted by atomic mass is 16.4. The molecule has 1 unspecified atom stereocenters. The summed E-state index contributed by atoms with van der Waals surface area (Å²) in [4.78, 5) is 15.7. The van der Waals surface area contributed by atoms with Crippen LogP contribution in [-0.2, 0) is 4.79 Å². The highest BCUT2D eigenvalue weighted by Gasteiger charge is 2.41. The van der Waals surface area contributed by atoms with E-state index in [1.165, 1.54) is 18.7 Å². The van der Waals surface area contributed by atoms with Gasteiger partial charge in [0.2, 0.25) is 0 Å². The number of nitrogens with zero attached hydrogens (tertiary/aromatic N) is 1. The third-order valence-electron chi connectivity index (χ3n) is 6.75. The zero-order valence-corrected chi connectivity index (χ0v) is 22.3. The minimum absolute atomic E-state index is 0.0218. The molecule has 1 aromatic rings. The summed E-state index contributed by atoms with van der Waals surface area (Å²) in [5.41, 5.74) is 2.27. The SMILES string of the molecule is C=CC(/C=C(/C=C/C=C/C(O)C1(CC#Cc2ccccc2)CCC1)CCCCCC)=C(\N=CC)C(=O)O. The second kappa shape index (κ2) is 16.3. The molecule has 0 bridgehead atoms. The van der Waals surface area contributed by atoms with Crippen molar-refractivity contribution in [3.8, 4) is 11.8 Å². The maximum absolute atomic E-state index is 11.7.